The topological polar surface area (TPSA) is 201 Å². The van der Waals surface area contributed by atoms with E-state index >= 15 is 0 Å². The number of nitrogens with two attached hydrogens (primary N) is 2. The zero-order valence-corrected chi connectivity index (χ0v) is 12.3. The van der Waals surface area contributed by atoms with Crippen molar-refractivity contribution in [1.82, 2.24) is 5.32 Å². The smallest absolute Gasteiger partial charge is 0.370 e. The first-order valence-electron chi connectivity index (χ1n) is 6.62. The molecule has 0 aromatic rings. The number of guanidine groups is 1. The second kappa shape index (κ2) is 7.76. The molecule has 0 spiro atoms. The maximum atomic E-state index is 11.4. The van der Waals surface area contributed by atoms with E-state index in [1.807, 2.05) is 0 Å². The molecule has 0 fully saturated rings. The van der Waals surface area contributed by atoms with Gasteiger partial charge in [0.05, 0.1) is 18.7 Å². The lowest BCUT2D eigenvalue weighted by atomic mass is 9.92. The first kappa shape index (κ1) is 18.7. The number of aliphatic imine (C=N–C) groups is 1. The lowest BCUT2D eigenvalue weighted by molar-refractivity contribution is -0.145. The summed E-state index contributed by atoms with van der Waals surface area (Å²) in [5.74, 6) is -2.89. The number of aliphatic hydroxyl groups excluding tert-OH is 3. The Balaban J connectivity index is 3.28. The van der Waals surface area contributed by atoms with Gasteiger partial charge in [-0.2, -0.15) is 0 Å². The molecule has 11 heteroatoms. The van der Waals surface area contributed by atoms with Crippen LogP contribution in [0.5, 0.6) is 0 Å². The lowest BCUT2D eigenvalue weighted by Gasteiger charge is -2.38. The van der Waals surface area contributed by atoms with Crippen LogP contribution in [0.3, 0.4) is 0 Å². The summed E-state index contributed by atoms with van der Waals surface area (Å²) in [4.78, 5) is 26.3. The second-order valence-electron chi connectivity index (χ2n) is 4.93. The van der Waals surface area contributed by atoms with Crippen molar-refractivity contribution in [2.24, 2.45) is 16.5 Å². The Morgan fingerprint density at radius 2 is 2.04 bits per heavy atom. The Morgan fingerprint density at radius 3 is 2.48 bits per heavy atom. The Hall–Kier alpha value is -2.37. The molecule has 1 heterocycles. The van der Waals surface area contributed by atoms with Gasteiger partial charge in [-0.05, 0) is 6.08 Å². The highest BCUT2D eigenvalue weighted by atomic mass is 16.5. The highest BCUT2D eigenvalue weighted by Gasteiger charge is 2.43. The molecule has 0 aliphatic carbocycles. The minimum Gasteiger partial charge on any atom is -0.478 e. The number of ether oxygens (including phenoxy) is 1. The SMILES string of the molecule is CC(=O)N[C@@H]1[C@H]([C@@H](O)[C@H](O)CO)OC(C(=O)O)=C[C@@H]1N=C(N)N. The molecular formula is C12H20N4O7. The summed E-state index contributed by atoms with van der Waals surface area (Å²) in [6, 6.07) is -2.11. The summed E-state index contributed by atoms with van der Waals surface area (Å²) in [7, 11) is 0. The fourth-order valence-electron chi connectivity index (χ4n) is 2.14. The quantitative estimate of drug-likeness (QED) is 0.188. The molecule has 130 valence electrons. The number of carboxylic acids is 1. The maximum Gasteiger partial charge on any atom is 0.370 e. The molecule has 0 saturated carbocycles. The van der Waals surface area contributed by atoms with Gasteiger partial charge in [0, 0.05) is 6.92 Å². The third kappa shape index (κ3) is 4.81. The van der Waals surface area contributed by atoms with Crippen LogP contribution in [0.15, 0.2) is 16.8 Å². The number of amides is 1. The monoisotopic (exact) mass is 332 g/mol. The number of nitrogens with one attached hydrogen (secondary N) is 1. The van der Waals surface area contributed by atoms with Crippen molar-refractivity contribution in [2.45, 2.75) is 37.3 Å². The van der Waals surface area contributed by atoms with Gasteiger partial charge in [-0.25, -0.2) is 9.79 Å². The molecule has 23 heavy (non-hydrogen) atoms. The van der Waals surface area contributed by atoms with Crippen LogP contribution in [0.4, 0.5) is 0 Å². The van der Waals surface area contributed by atoms with Crippen LogP contribution in [0.2, 0.25) is 0 Å². The number of aliphatic carboxylic acids is 1. The summed E-state index contributed by atoms with van der Waals surface area (Å²) in [6.07, 6.45) is -3.65. The summed E-state index contributed by atoms with van der Waals surface area (Å²) in [5, 5.41) is 40.1. The standard InChI is InChI=1S/C12H20N4O7/c1-4(18)15-8-5(16-12(13)14)2-7(11(21)22)23-10(8)9(20)6(19)3-17/h2,5-6,8-10,17,19-20H,3H2,1H3,(H,15,18)(H,21,22)(H4,13,14,16)/t5-,6+,8-,9-,10+/m0/s1. The van der Waals surface area contributed by atoms with Crippen molar-refractivity contribution in [3.05, 3.63) is 11.8 Å². The van der Waals surface area contributed by atoms with Gasteiger partial charge < -0.3 is 41.9 Å². The zero-order valence-electron chi connectivity index (χ0n) is 12.3. The van der Waals surface area contributed by atoms with Crippen molar-refractivity contribution in [1.29, 1.82) is 0 Å². The molecule has 0 bridgehead atoms. The predicted octanol–water partition coefficient (Wildman–Crippen LogP) is -3.79. The van der Waals surface area contributed by atoms with Gasteiger partial charge in [0.2, 0.25) is 11.7 Å². The largest absolute Gasteiger partial charge is 0.478 e. The fraction of sp³-hybridized carbons (Fsp3) is 0.583. The fourth-order valence-corrected chi connectivity index (χ4v) is 2.14. The number of hydrogen-bond donors (Lipinski definition) is 7. The van der Waals surface area contributed by atoms with E-state index in [-0.39, 0.29) is 5.96 Å². The van der Waals surface area contributed by atoms with E-state index < -0.39 is 54.6 Å². The molecule has 0 aromatic carbocycles. The number of rotatable bonds is 6. The van der Waals surface area contributed by atoms with Crippen molar-refractivity contribution in [3.8, 4) is 0 Å². The Labute approximate surface area is 131 Å². The third-order valence-electron chi connectivity index (χ3n) is 3.10. The molecule has 0 aromatic heterocycles. The van der Waals surface area contributed by atoms with Crippen LogP contribution in [0.25, 0.3) is 0 Å². The van der Waals surface area contributed by atoms with Crippen LogP contribution in [0, 0.1) is 0 Å². The van der Waals surface area contributed by atoms with Crippen LogP contribution in [-0.4, -0.2) is 75.3 Å². The predicted molar refractivity (Wildman–Crippen MR) is 76.9 cm³/mol. The molecule has 9 N–H and O–H groups in total. The van der Waals surface area contributed by atoms with Gasteiger partial charge in [0.25, 0.3) is 0 Å². The van der Waals surface area contributed by atoms with E-state index in [0.717, 1.165) is 6.08 Å². The van der Waals surface area contributed by atoms with Gasteiger partial charge in [-0.3, -0.25) is 4.79 Å². The number of hydrogen-bond acceptors (Lipinski definition) is 7. The molecule has 1 rings (SSSR count). The first-order chi connectivity index (χ1) is 10.7. The van der Waals surface area contributed by atoms with Crippen LogP contribution < -0.4 is 16.8 Å². The average Bonchev–Trinajstić information content (AvgIpc) is 2.45. The van der Waals surface area contributed by atoms with E-state index in [2.05, 4.69) is 10.3 Å². The molecular weight excluding hydrogens is 312 g/mol. The Morgan fingerprint density at radius 1 is 1.43 bits per heavy atom. The van der Waals surface area contributed by atoms with E-state index in [4.69, 9.17) is 26.4 Å². The number of aliphatic hydroxyl groups is 3. The van der Waals surface area contributed by atoms with Crippen LogP contribution in [0.1, 0.15) is 6.92 Å². The lowest BCUT2D eigenvalue weighted by Crippen LogP contribution is -2.59. The highest BCUT2D eigenvalue weighted by molar-refractivity contribution is 5.85. The molecule has 1 aliphatic heterocycles. The maximum absolute atomic E-state index is 11.4. The molecule has 1 aliphatic rings. The Bertz CT molecular complexity index is 518. The summed E-state index contributed by atoms with van der Waals surface area (Å²) < 4.78 is 5.13. The van der Waals surface area contributed by atoms with Gasteiger partial charge in [0.1, 0.15) is 18.3 Å². The Kier molecular flexibility index (Phi) is 6.30. The molecule has 0 saturated heterocycles. The third-order valence-corrected chi connectivity index (χ3v) is 3.10. The minimum absolute atomic E-state index is 0.371. The molecule has 5 atom stereocenters. The molecule has 0 radical (unpaired) electrons. The van der Waals surface area contributed by atoms with Crippen LogP contribution in [-0.2, 0) is 14.3 Å². The van der Waals surface area contributed by atoms with E-state index in [1.165, 1.54) is 6.92 Å². The summed E-state index contributed by atoms with van der Waals surface area (Å²) >= 11 is 0. The second-order valence-corrected chi connectivity index (χ2v) is 4.93. The molecule has 1 amide bonds. The van der Waals surface area contributed by atoms with Crippen molar-refractivity contribution < 1.29 is 34.8 Å². The van der Waals surface area contributed by atoms with Crippen molar-refractivity contribution in [2.75, 3.05) is 6.61 Å². The number of carbonyl (C=O) groups excluding carboxylic acids is 1. The first-order valence-corrected chi connectivity index (χ1v) is 6.62. The van der Waals surface area contributed by atoms with E-state index in [1.54, 1.807) is 0 Å². The number of nitrogens with zero attached hydrogens (tertiary/aromatic N) is 1. The zero-order chi connectivity index (χ0) is 17.7. The molecule has 0 unspecified atom stereocenters. The number of carboxylic acid groups (broad SMARTS) is 1. The van der Waals surface area contributed by atoms with Gasteiger partial charge >= 0.3 is 5.97 Å². The van der Waals surface area contributed by atoms with Gasteiger partial charge in [0.15, 0.2) is 5.96 Å². The average molecular weight is 332 g/mol. The summed E-state index contributed by atoms with van der Waals surface area (Å²) in [6.45, 7) is 0.391. The normalized spacial score (nSPS) is 26.3. The molecule has 11 nitrogen and oxygen atoms in total. The van der Waals surface area contributed by atoms with Crippen molar-refractivity contribution in [3.63, 3.8) is 0 Å². The van der Waals surface area contributed by atoms with E-state index in [9.17, 15) is 19.8 Å². The number of carbonyl (C=O) groups is 2. The highest BCUT2D eigenvalue weighted by Crippen LogP contribution is 2.24. The van der Waals surface area contributed by atoms with E-state index in [0.29, 0.717) is 0 Å². The van der Waals surface area contributed by atoms with Gasteiger partial charge in [-0.15, -0.1) is 0 Å². The van der Waals surface area contributed by atoms with Crippen LogP contribution >= 0.6 is 0 Å². The minimum atomic E-state index is -1.70. The van der Waals surface area contributed by atoms with Gasteiger partial charge in [-0.1, -0.05) is 0 Å². The summed E-state index contributed by atoms with van der Waals surface area (Å²) in [5.41, 5.74) is 10.6. The van der Waals surface area contributed by atoms with Crippen molar-refractivity contribution >= 4 is 17.8 Å².